The highest BCUT2D eigenvalue weighted by Gasteiger charge is 2.15. The summed E-state index contributed by atoms with van der Waals surface area (Å²) >= 11 is 14.4. The van der Waals surface area contributed by atoms with Gasteiger partial charge in [0.25, 0.3) is 0 Å². The summed E-state index contributed by atoms with van der Waals surface area (Å²) in [6, 6.07) is 8.36. The fraction of sp³-hybridized carbons (Fsp3) is 0.167. The van der Waals surface area contributed by atoms with Crippen molar-refractivity contribution in [1.82, 2.24) is 0 Å². The van der Waals surface area contributed by atoms with E-state index in [1.54, 1.807) is 12.1 Å². The number of alkyl halides is 3. The molecule has 1 heterocycles. The third kappa shape index (κ3) is 3.90. The van der Waals surface area contributed by atoms with Crippen LogP contribution >= 0.6 is 54.8 Å². The standard InChI is InChI=1S/C12H7Br2ClF2OS/c13-10(9-5-8(15)11(14)19-9)6-1-3-7(4-2-6)18-12(16)17/h1-5,10,12H. The summed E-state index contributed by atoms with van der Waals surface area (Å²) in [5, 5.41) is 0.655. The molecule has 0 spiro atoms. The van der Waals surface area contributed by atoms with Crippen LogP contribution in [0.2, 0.25) is 5.02 Å². The Labute approximate surface area is 134 Å². The Morgan fingerprint density at radius 3 is 2.32 bits per heavy atom. The summed E-state index contributed by atoms with van der Waals surface area (Å²) < 4.78 is 29.3. The van der Waals surface area contributed by atoms with Crippen LogP contribution in [-0.2, 0) is 0 Å². The lowest BCUT2D eigenvalue weighted by Gasteiger charge is -2.09. The molecule has 1 aromatic carbocycles. The number of hydrogen-bond donors (Lipinski definition) is 0. The number of rotatable bonds is 4. The fourth-order valence-corrected chi connectivity index (χ4v) is 3.94. The maximum absolute atomic E-state index is 12.0. The summed E-state index contributed by atoms with van der Waals surface area (Å²) in [6.45, 7) is -2.81. The van der Waals surface area contributed by atoms with Gasteiger partial charge in [0.15, 0.2) is 0 Å². The van der Waals surface area contributed by atoms with E-state index >= 15 is 0 Å². The topological polar surface area (TPSA) is 9.23 Å². The molecule has 0 N–H and O–H groups in total. The minimum absolute atomic E-state index is 0.0399. The van der Waals surface area contributed by atoms with Gasteiger partial charge in [0, 0.05) is 4.88 Å². The van der Waals surface area contributed by atoms with Gasteiger partial charge < -0.3 is 4.74 Å². The van der Waals surface area contributed by atoms with Crippen LogP contribution in [-0.4, -0.2) is 6.61 Å². The van der Waals surface area contributed by atoms with Crippen molar-refractivity contribution in [2.45, 2.75) is 11.4 Å². The van der Waals surface area contributed by atoms with E-state index in [0.717, 1.165) is 14.2 Å². The van der Waals surface area contributed by atoms with Gasteiger partial charge in [0.05, 0.1) is 13.6 Å². The highest BCUT2D eigenvalue weighted by molar-refractivity contribution is 9.11. The van der Waals surface area contributed by atoms with Crippen molar-refractivity contribution >= 4 is 54.8 Å². The number of benzene rings is 1. The summed E-state index contributed by atoms with van der Waals surface area (Å²) in [5.74, 6) is 0.142. The van der Waals surface area contributed by atoms with Crippen molar-refractivity contribution in [2.24, 2.45) is 0 Å². The largest absolute Gasteiger partial charge is 0.435 e. The lowest BCUT2D eigenvalue weighted by molar-refractivity contribution is -0.0498. The molecule has 0 bridgehead atoms. The first kappa shape index (κ1) is 15.2. The summed E-state index contributed by atoms with van der Waals surface area (Å²) in [4.78, 5) is 0.987. The van der Waals surface area contributed by atoms with Gasteiger partial charge in [-0.1, -0.05) is 39.7 Å². The molecule has 0 aliphatic carbocycles. The third-order valence-corrected chi connectivity index (χ3v) is 6.18. The third-order valence-electron chi connectivity index (χ3n) is 2.31. The van der Waals surface area contributed by atoms with Gasteiger partial charge in [-0.05, 0) is 39.7 Å². The predicted octanol–water partition coefficient (Wildman–Crippen LogP) is 6.25. The molecule has 0 saturated heterocycles. The lowest BCUT2D eigenvalue weighted by atomic mass is 10.1. The highest BCUT2D eigenvalue weighted by Crippen LogP contribution is 2.41. The van der Waals surface area contributed by atoms with Crippen LogP contribution in [0.3, 0.4) is 0 Å². The first-order valence-electron chi connectivity index (χ1n) is 5.11. The van der Waals surface area contributed by atoms with Gasteiger partial charge in [0.2, 0.25) is 0 Å². The molecule has 1 nitrogen and oxygen atoms in total. The zero-order chi connectivity index (χ0) is 14.0. The second kappa shape index (κ2) is 6.52. The zero-order valence-electron chi connectivity index (χ0n) is 9.25. The monoisotopic (exact) mass is 430 g/mol. The van der Waals surface area contributed by atoms with Crippen LogP contribution < -0.4 is 4.74 Å². The first-order chi connectivity index (χ1) is 8.97. The maximum atomic E-state index is 12.0. The Morgan fingerprint density at radius 1 is 1.21 bits per heavy atom. The Bertz CT molecular complexity index is 540. The van der Waals surface area contributed by atoms with E-state index in [-0.39, 0.29) is 10.6 Å². The van der Waals surface area contributed by atoms with E-state index in [0.29, 0.717) is 5.02 Å². The molecule has 0 saturated carbocycles. The SMILES string of the molecule is FC(F)Oc1ccc(C(Br)c2cc(Cl)c(Br)s2)cc1. The van der Waals surface area contributed by atoms with E-state index < -0.39 is 6.61 Å². The van der Waals surface area contributed by atoms with Gasteiger partial charge in [-0.3, -0.25) is 0 Å². The van der Waals surface area contributed by atoms with E-state index in [9.17, 15) is 8.78 Å². The van der Waals surface area contributed by atoms with Crippen molar-refractivity contribution in [1.29, 1.82) is 0 Å². The lowest BCUT2D eigenvalue weighted by Crippen LogP contribution is -2.01. The van der Waals surface area contributed by atoms with Crippen molar-refractivity contribution in [3.05, 3.63) is 49.6 Å². The molecule has 7 heteroatoms. The van der Waals surface area contributed by atoms with Crippen LogP contribution in [0.1, 0.15) is 15.3 Å². The molecular formula is C12H7Br2ClF2OS. The molecular weight excluding hydrogens is 425 g/mol. The van der Waals surface area contributed by atoms with Gasteiger partial charge in [-0.25, -0.2) is 0 Å². The molecule has 1 unspecified atom stereocenters. The van der Waals surface area contributed by atoms with Crippen LogP contribution in [0.5, 0.6) is 5.75 Å². The second-order valence-electron chi connectivity index (χ2n) is 3.58. The highest BCUT2D eigenvalue weighted by atomic mass is 79.9. The quantitative estimate of drug-likeness (QED) is 0.519. The summed E-state index contributed by atoms with van der Waals surface area (Å²) in [6.07, 6.45) is 0. The molecule has 19 heavy (non-hydrogen) atoms. The van der Waals surface area contributed by atoms with Crippen LogP contribution in [0, 0.1) is 0 Å². The zero-order valence-corrected chi connectivity index (χ0v) is 14.0. The van der Waals surface area contributed by atoms with E-state index in [2.05, 4.69) is 36.6 Å². The van der Waals surface area contributed by atoms with Gasteiger partial charge >= 0.3 is 6.61 Å². The van der Waals surface area contributed by atoms with Gasteiger partial charge in [-0.2, -0.15) is 8.78 Å². The van der Waals surface area contributed by atoms with Crippen molar-refractivity contribution in [2.75, 3.05) is 0 Å². The summed E-state index contributed by atoms with van der Waals surface area (Å²) in [5.41, 5.74) is 0.937. The minimum atomic E-state index is -2.81. The number of halogens is 5. The molecule has 0 aliphatic rings. The Hall–Kier alpha value is -0.170. The molecule has 0 amide bonds. The van der Waals surface area contributed by atoms with E-state index in [4.69, 9.17) is 11.6 Å². The Morgan fingerprint density at radius 2 is 1.84 bits per heavy atom. The summed E-state index contributed by atoms with van der Waals surface area (Å²) in [7, 11) is 0. The number of thiophene rings is 1. The van der Waals surface area contributed by atoms with Crippen molar-refractivity contribution in [3.63, 3.8) is 0 Å². The Kier molecular flexibility index (Phi) is 5.22. The second-order valence-corrected chi connectivity index (χ2v) is 7.31. The first-order valence-corrected chi connectivity index (χ1v) is 8.01. The molecule has 0 fully saturated rings. The molecule has 0 radical (unpaired) electrons. The van der Waals surface area contributed by atoms with E-state index in [1.807, 2.05) is 6.07 Å². The van der Waals surface area contributed by atoms with Crippen molar-refractivity contribution in [3.8, 4) is 5.75 Å². The Balaban J connectivity index is 2.17. The smallest absolute Gasteiger partial charge is 0.387 e. The number of hydrogen-bond acceptors (Lipinski definition) is 2. The molecule has 102 valence electrons. The van der Waals surface area contributed by atoms with E-state index in [1.165, 1.54) is 23.5 Å². The van der Waals surface area contributed by atoms with Crippen LogP contribution in [0.15, 0.2) is 34.1 Å². The number of ether oxygens (including phenoxy) is 1. The molecule has 0 aliphatic heterocycles. The van der Waals surface area contributed by atoms with Crippen molar-refractivity contribution < 1.29 is 13.5 Å². The molecule has 2 aromatic rings. The van der Waals surface area contributed by atoms with Gasteiger partial charge in [-0.15, -0.1) is 11.3 Å². The molecule has 1 atom stereocenters. The average Bonchev–Trinajstić information content (AvgIpc) is 2.69. The van der Waals surface area contributed by atoms with Gasteiger partial charge in [0.1, 0.15) is 5.75 Å². The molecule has 1 aromatic heterocycles. The normalized spacial score (nSPS) is 12.7. The van der Waals surface area contributed by atoms with Crippen LogP contribution in [0.25, 0.3) is 0 Å². The van der Waals surface area contributed by atoms with Crippen LogP contribution in [0.4, 0.5) is 8.78 Å². The average molecular weight is 433 g/mol. The minimum Gasteiger partial charge on any atom is -0.435 e. The fourth-order valence-electron chi connectivity index (χ4n) is 1.47. The maximum Gasteiger partial charge on any atom is 0.387 e. The molecule has 2 rings (SSSR count). The predicted molar refractivity (Wildman–Crippen MR) is 80.9 cm³/mol.